The van der Waals surface area contributed by atoms with E-state index in [0.29, 0.717) is 11.2 Å². The van der Waals surface area contributed by atoms with E-state index in [1.54, 1.807) is 13.1 Å². The first-order valence-electron chi connectivity index (χ1n) is 9.05. The molecule has 0 bridgehead atoms. The summed E-state index contributed by atoms with van der Waals surface area (Å²) < 4.78 is 17.8. The highest BCUT2D eigenvalue weighted by molar-refractivity contribution is 5.52. The third-order valence-corrected chi connectivity index (χ3v) is 5.39. The number of pyridine rings is 2. The van der Waals surface area contributed by atoms with Gasteiger partial charge in [-0.3, -0.25) is 0 Å². The average molecular weight is 350 g/mol. The van der Waals surface area contributed by atoms with Gasteiger partial charge in [0.2, 0.25) is 0 Å². The number of nitrogens with zero attached hydrogens (tertiary/aromatic N) is 4. The fourth-order valence-electron chi connectivity index (χ4n) is 3.52. The number of rotatable bonds is 4. The first-order valence-corrected chi connectivity index (χ1v) is 9.05. The normalized spacial score (nSPS) is 13.0. The Morgan fingerprint density at radius 3 is 2.42 bits per heavy atom. The SMILES string of the molecule is CCC(Cc1cn2ccc(C)c(C)c2n1)c1cn2ccc(F)c(C)c2n1. The summed E-state index contributed by atoms with van der Waals surface area (Å²) in [7, 11) is 0. The van der Waals surface area contributed by atoms with Gasteiger partial charge < -0.3 is 8.80 Å². The topological polar surface area (TPSA) is 34.6 Å². The van der Waals surface area contributed by atoms with Crippen LogP contribution in [0, 0.1) is 26.6 Å². The van der Waals surface area contributed by atoms with E-state index in [-0.39, 0.29) is 11.7 Å². The third-order valence-electron chi connectivity index (χ3n) is 5.39. The van der Waals surface area contributed by atoms with Crippen molar-refractivity contribution >= 4 is 11.3 Å². The van der Waals surface area contributed by atoms with Crippen molar-refractivity contribution in [3.8, 4) is 0 Å². The number of aryl methyl sites for hydroxylation is 3. The largest absolute Gasteiger partial charge is 0.307 e. The van der Waals surface area contributed by atoms with E-state index in [9.17, 15) is 4.39 Å². The molecule has 0 radical (unpaired) electrons. The minimum Gasteiger partial charge on any atom is -0.307 e. The maximum atomic E-state index is 13.8. The van der Waals surface area contributed by atoms with E-state index in [0.717, 1.165) is 29.9 Å². The summed E-state index contributed by atoms with van der Waals surface area (Å²) >= 11 is 0. The molecule has 26 heavy (non-hydrogen) atoms. The lowest BCUT2D eigenvalue weighted by Gasteiger charge is -2.09. The second-order valence-corrected chi connectivity index (χ2v) is 7.08. The second kappa shape index (κ2) is 6.24. The number of fused-ring (bicyclic) bond motifs is 2. The van der Waals surface area contributed by atoms with Crippen LogP contribution >= 0.6 is 0 Å². The third kappa shape index (κ3) is 2.68. The second-order valence-electron chi connectivity index (χ2n) is 7.08. The van der Waals surface area contributed by atoms with E-state index in [1.807, 2.05) is 10.6 Å². The molecule has 0 saturated carbocycles. The van der Waals surface area contributed by atoms with Gasteiger partial charge in [0.15, 0.2) is 0 Å². The van der Waals surface area contributed by atoms with Crippen LogP contribution in [0.15, 0.2) is 36.9 Å². The van der Waals surface area contributed by atoms with Crippen LogP contribution < -0.4 is 0 Å². The minimum absolute atomic E-state index is 0.214. The molecule has 0 fully saturated rings. The fourth-order valence-corrected chi connectivity index (χ4v) is 3.52. The molecule has 4 heterocycles. The van der Waals surface area contributed by atoms with Crippen molar-refractivity contribution in [1.82, 2.24) is 18.8 Å². The van der Waals surface area contributed by atoms with Crippen molar-refractivity contribution in [3.63, 3.8) is 0 Å². The van der Waals surface area contributed by atoms with Crippen molar-refractivity contribution in [2.75, 3.05) is 0 Å². The monoisotopic (exact) mass is 350 g/mol. The quantitative estimate of drug-likeness (QED) is 0.531. The molecule has 4 rings (SSSR count). The van der Waals surface area contributed by atoms with E-state index < -0.39 is 0 Å². The number of aromatic nitrogens is 4. The molecular weight excluding hydrogens is 327 g/mol. The maximum absolute atomic E-state index is 13.8. The summed E-state index contributed by atoms with van der Waals surface area (Å²) in [6.07, 6.45) is 9.69. The van der Waals surface area contributed by atoms with Gasteiger partial charge >= 0.3 is 0 Å². The number of hydrogen-bond donors (Lipinski definition) is 0. The molecule has 0 spiro atoms. The summed E-state index contributed by atoms with van der Waals surface area (Å²) in [4.78, 5) is 9.55. The molecule has 4 aromatic rings. The predicted molar refractivity (Wildman–Crippen MR) is 101 cm³/mol. The van der Waals surface area contributed by atoms with Gasteiger partial charge in [0.05, 0.1) is 11.4 Å². The van der Waals surface area contributed by atoms with Gasteiger partial charge in [-0.1, -0.05) is 6.92 Å². The van der Waals surface area contributed by atoms with Crippen LogP contribution in [0.4, 0.5) is 4.39 Å². The molecular formula is C21H23FN4. The van der Waals surface area contributed by atoms with Crippen LogP contribution in [0.2, 0.25) is 0 Å². The van der Waals surface area contributed by atoms with Gasteiger partial charge in [-0.05, 0) is 56.9 Å². The van der Waals surface area contributed by atoms with Crippen molar-refractivity contribution in [2.45, 2.75) is 46.5 Å². The van der Waals surface area contributed by atoms with Crippen molar-refractivity contribution in [1.29, 1.82) is 0 Å². The van der Waals surface area contributed by atoms with Crippen LogP contribution in [-0.2, 0) is 6.42 Å². The highest BCUT2D eigenvalue weighted by Gasteiger charge is 2.18. The first kappa shape index (κ1) is 16.8. The molecule has 0 amide bonds. The van der Waals surface area contributed by atoms with Gasteiger partial charge in [0, 0.05) is 36.3 Å². The Balaban J connectivity index is 1.70. The lowest BCUT2D eigenvalue weighted by Crippen LogP contribution is -2.02. The molecule has 0 aliphatic carbocycles. The van der Waals surface area contributed by atoms with E-state index in [2.05, 4.69) is 43.6 Å². The van der Waals surface area contributed by atoms with Crippen molar-refractivity contribution < 1.29 is 4.39 Å². The summed E-state index contributed by atoms with van der Waals surface area (Å²) in [5.41, 5.74) is 6.82. The molecule has 0 N–H and O–H groups in total. The van der Waals surface area contributed by atoms with Crippen LogP contribution in [0.3, 0.4) is 0 Å². The highest BCUT2D eigenvalue weighted by Crippen LogP contribution is 2.26. The number of halogens is 1. The Bertz CT molecular complexity index is 1110. The van der Waals surface area contributed by atoms with E-state index >= 15 is 0 Å². The summed E-state index contributed by atoms with van der Waals surface area (Å²) in [6.45, 7) is 8.15. The van der Waals surface area contributed by atoms with Gasteiger partial charge in [-0.2, -0.15) is 0 Å². The molecule has 0 aromatic carbocycles. The van der Waals surface area contributed by atoms with Gasteiger partial charge in [-0.15, -0.1) is 0 Å². The molecule has 1 atom stereocenters. The fraction of sp³-hybridized carbons (Fsp3) is 0.333. The molecule has 5 heteroatoms. The highest BCUT2D eigenvalue weighted by atomic mass is 19.1. The van der Waals surface area contributed by atoms with Gasteiger partial charge in [0.25, 0.3) is 0 Å². The Labute approximate surface area is 152 Å². The standard InChI is InChI=1S/C21H23FN4/c1-5-16(19-12-26-9-7-18(22)15(4)21(26)24-19)10-17-11-25-8-6-13(2)14(3)20(25)23-17/h6-9,11-12,16H,5,10H2,1-4H3. The lowest BCUT2D eigenvalue weighted by atomic mass is 9.97. The molecule has 0 saturated heterocycles. The minimum atomic E-state index is -0.214. The average Bonchev–Trinajstić information content (AvgIpc) is 3.24. The van der Waals surface area contributed by atoms with Crippen molar-refractivity contribution in [3.05, 3.63) is 70.8 Å². The predicted octanol–water partition coefficient (Wildman–Crippen LogP) is 4.78. The molecule has 134 valence electrons. The Kier molecular flexibility index (Phi) is 4.02. The van der Waals surface area contributed by atoms with Crippen LogP contribution in [0.25, 0.3) is 11.3 Å². The first-order chi connectivity index (χ1) is 12.5. The molecule has 1 unspecified atom stereocenters. The zero-order valence-corrected chi connectivity index (χ0v) is 15.6. The van der Waals surface area contributed by atoms with E-state index in [4.69, 9.17) is 9.97 Å². The molecule has 4 aromatic heterocycles. The number of hydrogen-bond acceptors (Lipinski definition) is 2. The van der Waals surface area contributed by atoms with Crippen molar-refractivity contribution in [2.24, 2.45) is 0 Å². The Hall–Kier alpha value is -2.69. The van der Waals surface area contributed by atoms with Crippen LogP contribution in [0.5, 0.6) is 0 Å². The zero-order chi connectivity index (χ0) is 18.4. The Morgan fingerprint density at radius 2 is 1.65 bits per heavy atom. The smallest absolute Gasteiger partial charge is 0.142 e. The molecule has 0 aliphatic heterocycles. The molecule has 4 nitrogen and oxygen atoms in total. The van der Waals surface area contributed by atoms with E-state index in [1.165, 1.54) is 17.2 Å². The Morgan fingerprint density at radius 1 is 0.962 bits per heavy atom. The van der Waals surface area contributed by atoms with Gasteiger partial charge in [0.1, 0.15) is 17.1 Å². The maximum Gasteiger partial charge on any atom is 0.142 e. The lowest BCUT2D eigenvalue weighted by molar-refractivity contribution is 0.617. The summed E-state index contributed by atoms with van der Waals surface area (Å²) in [5, 5.41) is 0. The van der Waals surface area contributed by atoms with Crippen LogP contribution in [-0.4, -0.2) is 18.8 Å². The van der Waals surface area contributed by atoms with Gasteiger partial charge in [-0.25, -0.2) is 14.4 Å². The summed E-state index contributed by atoms with van der Waals surface area (Å²) in [6, 6.07) is 3.60. The summed E-state index contributed by atoms with van der Waals surface area (Å²) in [5.74, 6) is 0.0394. The zero-order valence-electron chi connectivity index (χ0n) is 15.6. The number of imidazole rings is 2. The van der Waals surface area contributed by atoms with Crippen LogP contribution in [0.1, 0.15) is 47.3 Å². The molecule has 0 aliphatic rings.